The lowest BCUT2D eigenvalue weighted by Crippen LogP contribution is -2.39. The normalized spacial score (nSPS) is 13.5. The van der Waals surface area contributed by atoms with Crippen LogP contribution < -0.4 is 5.32 Å². The highest BCUT2D eigenvalue weighted by atomic mass is 16.5. The molecule has 3 nitrogen and oxygen atoms in total. The van der Waals surface area contributed by atoms with Gasteiger partial charge in [0.05, 0.1) is 19.1 Å². The second-order valence-electron chi connectivity index (χ2n) is 5.28. The average molecular weight is 283 g/mol. The van der Waals surface area contributed by atoms with Gasteiger partial charge in [0.15, 0.2) is 0 Å². The molecular formula is C18H21NO2. The molecule has 2 aromatic rings. The van der Waals surface area contributed by atoms with Gasteiger partial charge in [-0.15, -0.1) is 0 Å². The van der Waals surface area contributed by atoms with Crippen LogP contribution in [0.3, 0.4) is 0 Å². The molecule has 0 fully saturated rings. The topological polar surface area (TPSA) is 38.3 Å². The van der Waals surface area contributed by atoms with Gasteiger partial charge in [0, 0.05) is 0 Å². The van der Waals surface area contributed by atoms with E-state index in [1.165, 1.54) is 12.7 Å². The number of esters is 1. The Hall–Kier alpha value is -2.13. The number of carbonyl (C=O) groups is 1. The van der Waals surface area contributed by atoms with E-state index in [1.54, 1.807) is 0 Å². The van der Waals surface area contributed by atoms with Crippen LogP contribution in [-0.4, -0.2) is 20.1 Å². The predicted octanol–water partition coefficient (Wildman–Crippen LogP) is 3.35. The smallest absolute Gasteiger partial charge is 0.307 e. The van der Waals surface area contributed by atoms with Crippen molar-refractivity contribution in [1.29, 1.82) is 0 Å². The average Bonchev–Trinajstić information content (AvgIpc) is 2.55. The Bertz CT molecular complexity index is 592. The van der Waals surface area contributed by atoms with E-state index >= 15 is 0 Å². The van der Waals surface area contributed by atoms with Crippen LogP contribution >= 0.6 is 0 Å². The molecule has 0 radical (unpaired) electrons. The van der Waals surface area contributed by atoms with E-state index in [9.17, 15) is 4.79 Å². The minimum Gasteiger partial charge on any atom is -0.469 e. The van der Waals surface area contributed by atoms with E-state index in [-0.39, 0.29) is 5.97 Å². The number of methoxy groups -OCH3 is 1. The van der Waals surface area contributed by atoms with Crippen molar-refractivity contribution in [3.05, 3.63) is 60.2 Å². The molecule has 0 heterocycles. The van der Waals surface area contributed by atoms with Crippen LogP contribution in [0.5, 0.6) is 0 Å². The van der Waals surface area contributed by atoms with Crippen molar-refractivity contribution in [2.45, 2.75) is 18.9 Å². The Balaban J connectivity index is 2.26. The van der Waals surface area contributed by atoms with Crippen LogP contribution in [-0.2, 0) is 15.1 Å². The van der Waals surface area contributed by atoms with Crippen molar-refractivity contribution in [1.82, 2.24) is 5.32 Å². The number of ether oxygens (including phenoxy) is 1. The lowest BCUT2D eigenvalue weighted by atomic mass is 9.87. The maximum Gasteiger partial charge on any atom is 0.307 e. The summed E-state index contributed by atoms with van der Waals surface area (Å²) in [4.78, 5) is 11.6. The van der Waals surface area contributed by atoms with Gasteiger partial charge in [-0.1, -0.05) is 54.6 Å². The third-order valence-corrected chi connectivity index (χ3v) is 3.91. The molecule has 0 amide bonds. The maximum atomic E-state index is 11.6. The molecule has 0 saturated carbocycles. The Morgan fingerprint density at radius 3 is 2.14 bits per heavy atom. The van der Waals surface area contributed by atoms with Crippen LogP contribution in [0.2, 0.25) is 0 Å². The van der Waals surface area contributed by atoms with Crippen LogP contribution in [0, 0.1) is 0 Å². The van der Waals surface area contributed by atoms with Crippen molar-refractivity contribution in [2.24, 2.45) is 0 Å². The van der Waals surface area contributed by atoms with E-state index in [0.29, 0.717) is 6.42 Å². The number of carbonyl (C=O) groups excluding carboxylic acids is 1. The molecule has 2 aromatic carbocycles. The highest BCUT2D eigenvalue weighted by Gasteiger charge is 2.28. The zero-order valence-electron chi connectivity index (χ0n) is 12.7. The molecule has 0 bridgehead atoms. The van der Waals surface area contributed by atoms with Gasteiger partial charge in [0.1, 0.15) is 0 Å². The molecule has 0 aliphatic carbocycles. The van der Waals surface area contributed by atoms with Crippen molar-refractivity contribution in [2.75, 3.05) is 14.2 Å². The van der Waals surface area contributed by atoms with E-state index < -0.39 is 5.54 Å². The summed E-state index contributed by atoms with van der Waals surface area (Å²) >= 11 is 0. The van der Waals surface area contributed by atoms with Gasteiger partial charge in [0.25, 0.3) is 0 Å². The van der Waals surface area contributed by atoms with Crippen LogP contribution in [0.25, 0.3) is 11.1 Å². The third kappa shape index (κ3) is 3.50. The van der Waals surface area contributed by atoms with E-state index in [1.807, 2.05) is 32.2 Å². The minimum absolute atomic E-state index is 0.223. The Kier molecular flexibility index (Phi) is 4.76. The molecule has 1 atom stereocenters. The minimum atomic E-state index is -0.428. The first-order chi connectivity index (χ1) is 10.1. The summed E-state index contributed by atoms with van der Waals surface area (Å²) in [5.41, 5.74) is 2.98. The van der Waals surface area contributed by atoms with Gasteiger partial charge < -0.3 is 10.1 Å². The highest BCUT2D eigenvalue weighted by Crippen LogP contribution is 2.27. The summed E-state index contributed by atoms with van der Waals surface area (Å²) in [5.74, 6) is -0.223. The quantitative estimate of drug-likeness (QED) is 0.855. The SMILES string of the molecule is CNC(C)(CC(=O)OC)c1ccc(-c2ccccc2)cc1. The zero-order valence-corrected chi connectivity index (χ0v) is 12.7. The molecule has 21 heavy (non-hydrogen) atoms. The first-order valence-electron chi connectivity index (χ1n) is 7.01. The lowest BCUT2D eigenvalue weighted by molar-refractivity contribution is -0.142. The standard InChI is InChI=1S/C18H21NO2/c1-18(19-2,13-17(20)21-3)16-11-9-15(10-12-16)14-7-5-4-6-8-14/h4-12,19H,13H2,1-3H3. The maximum absolute atomic E-state index is 11.6. The van der Waals surface area contributed by atoms with Crippen LogP contribution in [0.4, 0.5) is 0 Å². The molecule has 2 rings (SSSR count). The fraction of sp³-hybridized carbons (Fsp3) is 0.278. The zero-order chi connectivity index (χ0) is 15.3. The van der Waals surface area contributed by atoms with E-state index in [0.717, 1.165) is 11.1 Å². The molecular weight excluding hydrogens is 262 g/mol. The van der Waals surface area contributed by atoms with E-state index in [2.05, 4.69) is 41.7 Å². The largest absolute Gasteiger partial charge is 0.469 e. The summed E-state index contributed by atoms with van der Waals surface area (Å²) < 4.78 is 4.78. The Morgan fingerprint density at radius 2 is 1.62 bits per heavy atom. The lowest BCUT2D eigenvalue weighted by Gasteiger charge is -2.29. The van der Waals surface area contributed by atoms with Gasteiger partial charge in [0.2, 0.25) is 0 Å². The van der Waals surface area contributed by atoms with Gasteiger partial charge in [-0.2, -0.15) is 0 Å². The van der Waals surface area contributed by atoms with Crippen LogP contribution in [0.1, 0.15) is 18.9 Å². The summed E-state index contributed by atoms with van der Waals surface area (Å²) in [7, 11) is 3.27. The molecule has 3 heteroatoms. The number of hydrogen-bond acceptors (Lipinski definition) is 3. The molecule has 1 unspecified atom stereocenters. The van der Waals surface area contributed by atoms with Gasteiger partial charge >= 0.3 is 5.97 Å². The first kappa shape index (κ1) is 15.3. The molecule has 0 saturated heterocycles. The number of hydrogen-bond donors (Lipinski definition) is 1. The summed E-state index contributed by atoms with van der Waals surface area (Å²) in [5, 5.41) is 3.22. The second-order valence-corrected chi connectivity index (χ2v) is 5.28. The Labute approximate surface area is 126 Å². The third-order valence-electron chi connectivity index (χ3n) is 3.91. The molecule has 1 N–H and O–H groups in total. The van der Waals surface area contributed by atoms with Crippen molar-refractivity contribution >= 4 is 5.97 Å². The van der Waals surface area contributed by atoms with Crippen LogP contribution in [0.15, 0.2) is 54.6 Å². The summed E-state index contributed by atoms with van der Waals surface area (Å²) in [6, 6.07) is 18.5. The second kappa shape index (κ2) is 6.55. The molecule has 0 aromatic heterocycles. The number of benzene rings is 2. The van der Waals surface area contributed by atoms with Crippen molar-refractivity contribution in [3.8, 4) is 11.1 Å². The molecule has 0 aliphatic rings. The highest BCUT2D eigenvalue weighted by molar-refractivity contribution is 5.71. The van der Waals surface area contributed by atoms with Crippen molar-refractivity contribution < 1.29 is 9.53 Å². The van der Waals surface area contributed by atoms with Gasteiger partial charge in [-0.05, 0) is 30.7 Å². The summed E-state index contributed by atoms with van der Waals surface area (Å²) in [6.07, 6.45) is 0.296. The monoisotopic (exact) mass is 283 g/mol. The Morgan fingerprint density at radius 1 is 1.05 bits per heavy atom. The van der Waals surface area contributed by atoms with Gasteiger partial charge in [-0.25, -0.2) is 0 Å². The predicted molar refractivity (Wildman–Crippen MR) is 84.9 cm³/mol. The molecule has 0 aliphatic heterocycles. The number of rotatable bonds is 5. The van der Waals surface area contributed by atoms with Gasteiger partial charge in [-0.3, -0.25) is 4.79 Å². The first-order valence-corrected chi connectivity index (χ1v) is 7.01. The fourth-order valence-corrected chi connectivity index (χ4v) is 2.36. The van der Waals surface area contributed by atoms with Crippen molar-refractivity contribution in [3.63, 3.8) is 0 Å². The molecule has 0 spiro atoms. The fourth-order valence-electron chi connectivity index (χ4n) is 2.36. The molecule has 110 valence electrons. The summed E-state index contributed by atoms with van der Waals surface area (Å²) in [6.45, 7) is 2.00. The number of nitrogens with one attached hydrogen (secondary N) is 1. The van der Waals surface area contributed by atoms with E-state index in [4.69, 9.17) is 4.74 Å².